The summed E-state index contributed by atoms with van der Waals surface area (Å²) in [6.45, 7) is 0. The molecule has 1 aliphatic heterocycles. The molecule has 0 amide bonds. The van der Waals surface area contributed by atoms with E-state index in [2.05, 4.69) is 278 Å². The second-order valence-corrected chi connectivity index (χ2v) is 21.3. The Hall–Kier alpha value is -9.15. The van der Waals surface area contributed by atoms with Crippen LogP contribution in [0, 0.1) is 0 Å². The zero-order valence-corrected chi connectivity index (χ0v) is 41.6. The van der Waals surface area contributed by atoms with Crippen LogP contribution in [0.3, 0.4) is 0 Å². The van der Waals surface area contributed by atoms with Gasteiger partial charge in [-0.05, 0) is 132 Å². The van der Waals surface area contributed by atoms with E-state index in [4.69, 9.17) is 4.42 Å². The quantitative estimate of drug-likeness (QED) is 0.165. The Morgan fingerprint density at radius 1 is 0.333 bits per heavy atom. The normalized spacial score (nSPS) is 14.0. The maximum Gasteiger partial charge on any atom is 0.143 e. The maximum atomic E-state index is 6.92. The summed E-state index contributed by atoms with van der Waals surface area (Å²) in [6.07, 6.45) is 0. The van der Waals surface area contributed by atoms with Gasteiger partial charge in [0, 0.05) is 49.0 Å². The molecule has 2 heterocycles. The average molecular weight is 972 g/mol. The molecule has 0 fully saturated rings. The van der Waals surface area contributed by atoms with Gasteiger partial charge in [0.2, 0.25) is 0 Å². The van der Waals surface area contributed by atoms with Crippen molar-refractivity contribution < 1.29 is 4.42 Å². The lowest BCUT2D eigenvalue weighted by molar-refractivity contribution is 0.672. The van der Waals surface area contributed by atoms with Crippen LogP contribution in [0.4, 0.5) is 17.1 Å². The third-order valence-electron chi connectivity index (χ3n) is 16.6. The summed E-state index contributed by atoms with van der Waals surface area (Å²) in [5.74, 6) is 0. The van der Waals surface area contributed by atoms with Crippen LogP contribution in [0.2, 0.25) is 0 Å². The number of hydrogen-bond donors (Lipinski definition) is 0. The number of benzene rings is 12. The number of anilines is 3. The highest BCUT2D eigenvalue weighted by molar-refractivity contribution is 7.99. The van der Waals surface area contributed by atoms with Gasteiger partial charge in [0.05, 0.1) is 16.5 Å². The van der Waals surface area contributed by atoms with Gasteiger partial charge in [0.25, 0.3) is 0 Å². The van der Waals surface area contributed by atoms with Crippen LogP contribution in [0.5, 0.6) is 0 Å². The predicted octanol–water partition coefficient (Wildman–Crippen LogP) is 19.1. The molecule has 2 nitrogen and oxygen atoms in total. The van der Waals surface area contributed by atoms with Crippen molar-refractivity contribution in [1.29, 1.82) is 0 Å². The van der Waals surface area contributed by atoms with Crippen LogP contribution in [-0.2, 0) is 10.8 Å². The van der Waals surface area contributed by atoms with E-state index < -0.39 is 10.8 Å². The van der Waals surface area contributed by atoms with Crippen LogP contribution in [0.1, 0.15) is 44.5 Å². The summed E-state index contributed by atoms with van der Waals surface area (Å²) < 4.78 is 6.92. The summed E-state index contributed by atoms with van der Waals surface area (Å²) >= 11 is 1.89. The average Bonchev–Trinajstić information content (AvgIpc) is 4.29. The molecule has 0 atom stereocenters. The molecule has 3 heteroatoms. The molecule has 2 aliphatic carbocycles. The molecule has 350 valence electrons. The van der Waals surface area contributed by atoms with Gasteiger partial charge in [-0.3, -0.25) is 0 Å². The van der Waals surface area contributed by atoms with Crippen molar-refractivity contribution in [1.82, 2.24) is 0 Å². The first-order valence-corrected chi connectivity index (χ1v) is 26.7. The van der Waals surface area contributed by atoms with E-state index in [9.17, 15) is 0 Å². The lowest BCUT2D eigenvalue weighted by Crippen LogP contribution is -2.31. The first-order chi connectivity index (χ1) is 37.2. The van der Waals surface area contributed by atoms with Crippen molar-refractivity contribution in [3.05, 3.63) is 317 Å². The molecule has 0 N–H and O–H groups in total. The zero-order valence-electron chi connectivity index (χ0n) is 40.7. The van der Waals surface area contributed by atoms with E-state index in [1.54, 1.807) is 0 Å². The monoisotopic (exact) mass is 971 g/mol. The highest BCUT2D eigenvalue weighted by Crippen LogP contribution is 2.63. The number of rotatable bonds is 6. The van der Waals surface area contributed by atoms with Crippen LogP contribution in [0.25, 0.3) is 66.1 Å². The third-order valence-corrected chi connectivity index (χ3v) is 17.8. The minimum Gasteiger partial charge on any atom is -0.455 e. The van der Waals surface area contributed by atoms with E-state index in [0.29, 0.717) is 0 Å². The third kappa shape index (κ3) is 5.87. The van der Waals surface area contributed by atoms with Crippen molar-refractivity contribution in [2.24, 2.45) is 0 Å². The second kappa shape index (κ2) is 16.2. The summed E-state index contributed by atoms with van der Waals surface area (Å²) in [6, 6.07) is 101. The molecular weight excluding hydrogens is 927 g/mol. The van der Waals surface area contributed by atoms with Crippen LogP contribution < -0.4 is 4.90 Å². The molecular formula is C72H45NOS. The van der Waals surface area contributed by atoms with Gasteiger partial charge in [-0.2, -0.15) is 0 Å². The molecule has 0 unspecified atom stereocenters. The summed E-state index contributed by atoms with van der Waals surface area (Å²) in [5.41, 5.74) is 21.8. The Kier molecular flexibility index (Phi) is 9.14. The topological polar surface area (TPSA) is 16.4 Å². The van der Waals surface area contributed by atoms with Crippen molar-refractivity contribution in [2.45, 2.75) is 20.6 Å². The van der Waals surface area contributed by atoms with Gasteiger partial charge in [-0.25, -0.2) is 0 Å². The van der Waals surface area contributed by atoms with Gasteiger partial charge in [-0.1, -0.05) is 224 Å². The van der Waals surface area contributed by atoms with Crippen molar-refractivity contribution in [3.63, 3.8) is 0 Å². The van der Waals surface area contributed by atoms with Gasteiger partial charge in [0.15, 0.2) is 0 Å². The molecule has 0 radical (unpaired) electrons. The van der Waals surface area contributed by atoms with Crippen molar-refractivity contribution >= 4 is 61.5 Å². The lowest BCUT2D eigenvalue weighted by Gasteiger charge is -2.39. The molecule has 0 bridgehead atoms. The second-order valence-electron chi connectivity index (χ2n) is 20.2. The molecule has 13 aromatic rings. The predicted molar refractivity (Wildman–Crippen MR) is 310 cm³/mol. The van der Waals surface area contributed by atoms with Gasteiger partial charge < -0.3 is 9.32 Å². The fraction of sp³-hybridized carbons (Fsp3) is 0.0278. The number of furan rings is 1. The first-order valence-electron chi connectivity index (χ1n) is 25.9. The Bertz CT molecular complexity index is 4370. The van der Waals surface area contributed by atoms with E-state index in [1.807, 2.05) is 11.8 Å². The summed E-state index contributed by atoms with van der Waals surface area (Å²) in [7, 11) is 0. The number of nitrogens with zero attached hydrogens (tertiary/aromatic N) is 1. The highest BCUT2D eigenvalue weighted by Gasteiger charge is 2.50. The zero-order chi connectivity index (χ0) is 49.2. The molecule has 16 rings (SSSR count). The van der Waals surface area contributed by atoms with Crippen LogP contribution in [-0.4, -0.2) is 0 Å². The van der Waals surface area contributed by atoms with Gasteiger partial charge in [-0.15, -0.1) is 0 Å². The van der Waals surface area contributed by atoms with Crippen molar-refractivity contribution in [3.8, 4) is 33.4 Å². The maximum absolute atomic E-state index is 6.92. The van der Waals surface area contributed by atoms with E-state index >= 15 is 0 Å². The molecule has 1 aromatic heterocycles. The SMILES string of the molecule is c1ccc(C2(c3ccccc3)c3ccccc3-c3c(N(c4ccc(-c5ccc6c(c5)-c5ccccc5C65c6ccccc6Sc6ccccc65)cc4)c4ccc5c(c4)oc4c6ccccc6ccc54)cccc32)cc1. The highest BCUT2D eigenvalue weighted by atomic mass is 32.2. The molecule has 3 aliphatic rings. The Balaban J connectivity index is 0.892. The van der Waals surface area contributed by atoms with Gasteiger partial charge >= 0.3 is 0 Å². The van der Waals surface area contributed by atoms with E-state index in [1.165, 1.54) is 87.5 Å². The molecule has 1 spiro atoms. The largest absolute Gasteiger partial charge is 0.455 e. The van der Waals surface area contributed by atoms with Crippen molar-refractivity contribution in [2.75, 3.05) is 4.90 Å². The fourth-order valence-corrected chi connectivity index (χ4v) is 14.8. The number of fused-ring (bicyclic) bond motifs is 17. The summed E-state index contributed by atoms with van der Waals surface area (Å²) in [5, 5.41) is 4.51. The first kappa shape index (κ1) is 42.4. The minimum atomic E-state index is -0.547. The minimum absolute atomic E-state index is 0.408. The van der Waals surface area contributed by atoms with E-state index in [-0.39, 0.29) is 0 Å². The van der Waals surface area contributed by atoms with Crippen LogP contribution in [0.15, 0.2) is 287 Å². The number of hydrogen-bond acceptors (Lipinski definition) is 3. The van der Waals surface area contributed by atoms with Crippen LogP contribution >= 0.6 is 11.8 Å². The molecule has 0 saturated heterocycles. The van der Waals surface area contributed by atoms with Gasteiger partial charge in [0.1, 0.15) is 11.2 Å². The standard InChI is InChI=1S/C72H45NOS/c1-3-19-49(20-4-1)71(50-21-5-2-6-22-50)60-27-12-10-25-57(60)69-64(71)30-17-31-65(69)73(52-40-42-55-56-41-36-47-18-7-8-23-53(47)70(56)74-66(55)45-52)51-38-34-46(35-39-51)48-37-43-61-58(44-48)54-24-9-11-26-59(54)72(61)62-28-13-15-32-67(62)75-68-33-16-14-29-63(68)72/h1-45H. The fourth-order valence-electron chi connectivity index (χ4n) is 13.6. The Labute approximate surface area is 439 Å². The van der Waals surface area contributed by atoms with E-state index in [0.717, 1.165) is 50.0 Å². The molecule has 0 saturated carbocycles. The summed E-state index contributed by atoms with van der Waals surface area (Å²) in [4.78, 5) is 5.08. The Morgan fingerprint density at radius 2 is 0.893 bits per heavy atom. The Morgan fingerprint density at radius 3 is 1.63 bits per heavy atom. The lowest BCUT2D eigenvalue weighted by atomic mass is 9.67. The molecule has 12 aromatic carbocycles. The molecule has 75 heavy (non-hydrogen) atoms. The smallest absolute Gasteiger partial charge is 0.143 e.